The van der Waals surface area contributed by atoms with Gasteiger partial charge in [0.15, 0.2) is 0 Å². The second-order valence-corrected chi connectivity index (χ2v) is 3.65. The molecule has 1 heterocycles. The molecule has 0 bridgehead atoms. The lowest BCUT2D eigenvalue weighted by atomic mass is 10.1. The molecule has 0 saturated carbocycles. The van der Waals surface area contributed by atoms with E-state index in [0.717, 1.165) is 17.7 Å². The number of hydrogen-bond acceptors (Lipinski definition) is 1. The topological polar surface area (TPSA) is 20.3 Å². The minimum absolute atomic E-state index is 0.176. The van der Waals surface area contributed by atoms with Crippen molar-refractivity contribution in [3.63, 3.8) is 0 Å². The number of alkyl halides is 3. The van der Waals surface area contributed by atoms with Crippen LogP contribution < -0.4 is 0 Å². The molecule has 0 N–H and O–H groups in total. The summed E-state index contributed by atoms with van der Waals surface area (Å²) in [7, 11) is 0. The van der Waals surface area contributed by atoms with Crippen molar-refractivity contribution in [2.75, 3.05) is 6.54 Å². The van der Waals surface area contributed by atoms with Crippen LogP contribution in [0.5, 0.6) is 0 Å². The number of hydrogen-bond donors (Lipinski definition) is 0. The highest BCUT2D eigenvalue weighted by Gasteiger charge is 2.44. The van der Waals surface area contributed by atoms with Crippen molar-refractivity contribution in [2.45, 2.75) is 37.9 Å². The van der Waals surface area contributed by atoms with Gasteiger partial charge in [0.2, 0.25) is 0 Å². The SMILES string of the molecule is C=CC1CCCCCN1C(=O)C(F)(F)F. The third-order valence-electron chi connectivity index (χ3n) is 2.57. The second-order valence-electron chi connectivity index (χ2n) is 3.65. The van der Waals surface area contributed by atoms with Crippen LogP contribution in [-0.4, -0.2) is 29.6 Å². The summed E-state index contributed by atoms with van der Waals surface area (Å²) in [4.78, 5) is 12.0. The van der Waals surface area contributed by atoms with Crippen LogP contribution in [0.3, 0.4) is 0 Å². The van der Waals surface area contributed by atoms with Gasteiger partial charge in [-0.1, -0.05) is 18.9 Å². The molecule has 0 aliphatic carbocycles. The van der Waals surface area contributed by atoms with Crippen LogP contribution in [-0.2, 0) is 4.79 Å². The molecule has 1 atom stereocenters. The van der Waals surface area contributed by atoms with Gasteiger partial charge in [-0.2, -0.15) is 13.2 Å². The molecule has 1 aliphatic heterocycles. The Bertz CT molecular complexity index is 250. The predicted octanol–water partition coefficient (Wildman–Crippen LogP) is 2.51. The standard InChI is InChI=1S/C10H14F3NO/c1-2-8-6-4-3-5-7-14(8)9(15)10(11,12)13/h2,8H,1,3-7H2. The van der Waals surface area contributed by atoms with Gasteiger partial charge in [0.05, 0.1) is 6.04 Å². The predicted molar refractivity (Wildman–Crippen MR) is 50.2 cm³/mol. The number of nitrogens with zero attached hydrogens (tertiary/aromatic N) is 1. The van der Waals surface area contributed by atoms with E-state index >= 15 is 0 Å². The Kier molecular flexibility index (Phi) is 3.77. The molecule has 0 aromatic rings. The van der Waals surface area contributed by atoms with Crippen molar-refractivity contribution >= 4 is 5.91 Å². The zero-order valence-corrected chi connectivity index (χ0v) is 8.39. The maximum absolute atomic E-state index is 12.3. The lowest BCUT2D eigenvalue weighted by molar-refractivity contribution is -0.186. The van der Waals surface area contributed by atoms with E-state index in [9.17, 15) is 18.0 Å². The summed E-state index contributed by atoms with van der Waals surface area (Å²) in [6.45, 7) is 3.66. The highest BCUT2D eigenvalue weighted by Crippen LogP contribution is 2.24. The quantitative estimate of drug-likeness (QED) is 0.623. The molecule has 1 rings (SSSR count). The van der Waals surface area contributed by atoms with Gasteiger partial charge in [-0.25, -0.2) is 0 Å². The molecule has 15 heavy (non-hydrogen) atoms. The maximum Gasteiger partial charge on any atom is 0.471 e. The van der Waals surface area contributed by atoms with Gasteiger partial charge >= 0.3 is 12.1 Å². The lowest BCUT2D eigenvalue weighted by Gasteiger charge is -2.28. The Balaban J connectivity index is 2.79. The van der Waals surface area contributed by atoms with Crippen LogP contribution in [0.2, 0.25) is 0 Å². The fourth-order valence-electron chi connectivity index (χ4n) is 1.79. The Morgan fingerprint density at radius 1 is 1.33 bits per heavy atom. The summed E-state index contributed by atoms with van der Waals surface area (Å²) >= 11 is 0. The molecular weight excluding hydrogens is 207 g/mol. The molecule has 0 aromatic heterocycles. The molecule has 1 aliphatic rings. The van der Waals surface area contributed by atoms with Crippen LogP contribution in [0, 0.1) is 0 Å². The number of carbonyl (C=O) groups is 1. The Morgan fingerprint density at radius 3 is 2.53 bits per heavy atom. The first-order valence-corrected chi connectivity index (χ1v) is 4.97. The molecule has 0 aromatic carbocycles. The molecule has 1 fully saturated rings. The fourth-order valence-corrected chi connectivity index (χ4v) is 1.79. The van der Waals surface area contributed by atoms with E-state index in [1.54, 1.807) is 0 Å². The van der Waals surface area contributed by atoms with Gasteiger partial charge in [-0.3, -0.25) is 4.79 Å². The second kappa shape index (κ2) is 4.68. The summed E-state index contributed by atoms with van der Waals surface area (Å²) < 4.78 is 36.8. The van der Waals surface area contributed by atoms with Gasteiger partial charge < -0.3 is 4.90 Å². The molecule has 0 radical (unpaired) electrons. The van der Waals surface area contributed by atoms with E-state index in [2.05, 4.69) is 6.58 Å². The van der Waals surface area contributed by atoms with Crippen molar-refractivity contribution in [1.82, 2.24) is 4.90 Å². The number of likely N-dealkylation sites (tertiary alicyclic amines) is 1. The number of rotatable bonds is 1. The van der Waals surface area contributed by atoms with Crippen molar-refractivity contribution in [3.8, 4) is 0 Å². The minimum Gasteiger partial charge on any atom is -0.328 e. The third kappa shape index (κ3) is 2.97. The minimum atomic E-state index is -4.77. The number of amides is 1. The Hall–Kier alpha value is -1.00. The van der Waals surface area contributed by atoms with Crippen molar-refractivity contribution < 1.29 is 18.0 Å². The first-order chi connectivity index (χ1) is 6.96. The zero-order chi connectivity index (χ0) is 11.5. The van der Waals surface area contributed by atoms with Crippen molar-refractivity contribution in [1.29, 1.82) is 0 Å². The monoisotopic (exact) mass is 221 g/mol. The van der Waals surface area contributed by atoms with Crippen LogP contribution in [0.4, 0.5) is 13.2 Å². The highest BCUT2D eigenvalue weighted by molar-refractivity contribution is 5.82. The molecule has 0 spiro atoms. The van der Waals surface area contributed by atoms with Crippen molar-refractivity contribution in [3.05, 3.63) is 12.7 Å². The third-order valence-corrected chi connectivity index (χ3v) is 2.57. The van der Waals surface area contributed by atoms with Crippen LogP contribution >= 0.6 is 0 Å². The average molecular weight is 221 g/mol. The van der Waals surface area contributed by atoms with Gasteiger partial charge in [-0.15, -0.1) is 6.58 Å². The smallest absolute Gasteiger partial charge is 0.328 e. The van der Waals surface area contributed by atoms with Crippen LogP contribution in [0.1, 0.15) is 25.7 Å². The molecule has 2 nitrogen and oxygen atoms in total. The van der Waals surface area contributed by atoms with Gasteiger partial charge in [-0.05, 0) is 12.8 Å². The van der Waals surface area contributed by atoms with E-state index < -0.39 is 18.1 Å². The normalized spacial score (nSPS) is 23.4. The van der Waals surface area contributed by atoms with Gasteiger partial charge in [0.1, 0.15) is 0 Å². The van der Waals surface area contributed by atoms with Crippen LogP contribution in [0.25, 0.3) is 0 Å². The summed E-state index contributed by atoms with van der Waals surface area (Å²) in [6, 6.07) is -0.471. The highest BCUT2D eigenvalue weighted by atomic mass is 19.4. The molecule has 1 saturated heterocycles. The van der Waals surface area contributed by atoms with E-state index in [1.165, 1.54) is 6.08 Å². The summed E-state index contributed by atoms with van der Waals surface area (Å²) in [6.07, 6.45) is -0.428. The average Bonchev–Trinajstić information content (AvgIpc) is 2.39. The van der Waals surface area contributed by atoms with E-state index in [0.29, 0.717) is 12.8 Å². The first kappa shape index (κ1) is 12.1. The largest absolute Gasteiger partial charge is 0.471 e. The molecular formula is C10H14F3NO. The van der Waals surface area contributed by atoms with E-state index in [1.807, 2.05) is 0 Å². The van der Waals surface area contributed by atoms with Crippen molar-refractivity contribution in [2.24, 2.45) is 0 Å². The maximum atomic E-state index is 12.3. The van der Waals surface area contributed by atoms with Gasteiger partial charge in [0, 0.05) is 6.54 Å². The summed E-state index contributed by atoms with van der Waals surface area (Å²) in [5.74, 6) is -1.74. The van der Waals surface area contributed by atoms with E-state index in [4.69, 9.17) is 0 Å². The summed E-state index contributed by atoms with van der Waals surface area (Å²) in [5, 5.41) is 0. The Morgan fingerprint density at radius 2 is 2.00 bits per heavy atom. The lowest BCUT2D eigenvalue weighted by Crippen LogP contribution is -2.46. The first-order valence-electron chi connectivity index (χ1n) is 4.97. The molecule has 1 amide bonds. The Labute approximate surface area is 86.7 Å². The van der Waals surface area contributed by atoms with Gasteiger partial charge in [0.25, 0.3) is 0 Å². The van der Waals surface area contributed by atoms with E-state index in [-0.39, 0.29) is 6.54 Å². The summed E-state index contributed by atoms with van der Waals surface area (Å²) in [5.41, 5.74) is 0. The number of halogens is 3. The molecule has 86 valence electrons. The van der Waals surface area contributed by atoms with Crippen LogP contribution in [0.15, 0.2) is 12.7 Å². The molecule has 5 heteroatoms. The number of carbonyl (C=O) groups excluding carboxylic acids is 1. The fraction of sp³-hybridized carbons (Fsp3) is 0.700. The molecule has 1 unspecified atom stereocenters. The zero-order valence-electron chi connectivity index (χ0n) is 8.39.